The van der Waals surface area contributed by atoms with Gasteiger partial charge in [-0.1, -0.05) is 0 Å². The lowest BCUT2D eigenvalue weighted by atomic mass is 9.89. The van der Waals surface area contributed by atoms with Crippen molar-refractivity contribution in [3.63, 3.8) is 0 Å². The van der Waals surface area contributed by atoms with Crippen LogP contribution in [0.15, 0.2) is 10.3 Å². The van der Waals surface area contributed by atoms with Gasteiger partial charge in [0.15, 0.2) is 0 Å². The monoisotopic (exact) mass is 315 g/mol. The van der Waals surface area contributed by atoms with E-state index in [1.54, 1.807) is 6.07 Å². The maximum atomic E-state index is 12.8. The largest absolute Gasteiger partial charge is 0.481 e. The molecule has 0 radical (unpaired) electrons. The normalized spacial score (nSPS) is 30.0. The molecule has 0 aromatic carbocycles. The Balaban J connectivity index is 1.99. The third kappa shape index (κ3) is 1.91. The fourth-order valence-electron chi connectivity index (χ4n) is 3.35. The Morgan fingerprint density at radius 2 is 2.10 bits per heavy atom. The van der Waals surface area contributed by atoms with Gasteiger partial charge in [-0.2, -0.15) is 4.31 Å². The van der Waals surface area contributed by atoms with Gasteiger partial charge >= 0.3 is 5.97 Å². The van der Waals surface area contributed by atoms with Crippen LogP contribution in [0.3, 0.4) is 0 Å². The number of thiophene rings is 1. The molecule has 0 saturated carbocycles. The number of fused-ring (bicyclic) bond motifs is 2. The molecular weight excluding hydrogens is 298 g/mol. The number of carboxylic acids is 1. The Bertz CT molecular complexity index is 644. The van der Waals surface area contributed by atoms with Gasteiger partial charge in [0.25, 0.3) is 10.0 Å². The van der Waals surface area contributed by atoms with E-state index in [2.05, 4.69) is 0 Å². The number of carboxylic acid groups (broad SMARTS) is 1. The molecule has 3 unspecified atom stereocenters. The fraction of sp³-hybridized carbons (Fsp3) is 0.615. The fourth-order valence-corrected chi connectivity index (χ4v) is 6.89. The third-order valence-corrected chi connectivity index (χ3v) is 8.04. The molecule has 0 amide bonds. The van der Waals surface area contributed by atoms with Gasteiger partial charge in [-0.25, -0.2) is 8.42 Å². The smallest absolute Gasteiger partial charge is 0.308 e. The number of carbonyl (C=O) groups is 1. The highest BCUT2D eigenvalue weighted by molar-refractivity contribution is 7.91. The highest BCUT2D eigenvalue weighted by Gasteiger charge is 2.54. The summed E-state index contributed by atoms with van der Waals surface area (Å²) in [5, 5.41) is 9.22. The zero-order valence-corrected chi connectivity index (χ0v) is 13.0. The van der Waals surface area contributed by atoms with E-state index in [1.165, 1.54) is 15.6 Å². The number of aliphatic carboxylic acids is 1. The molecule has 5 nitrogen and oxygen atoms in total. The van der Waals surface area contributed by atoms with Crippen LogP contribution < -0.4 is 0 Å². The maximum Gasteiger partial charge on any atom is 0.308 e. The molecule has 20 heavy (non-hydrogen) atoms. The van der Waals surface area contributed by atoms with Gasteiger partial charge < -0.3 is 5.11 Å². The van der Waals surface area contributed by atoms with Crippen LogP contribution in [0.25, 0.3) is 0 Å². The van der Waals surface area contributed by atoms with E-state index in [4.69, 9.17) is 0 Å². The van der Waals surface area contributed by atoms with Crippen LogP contribution >= 0.6 is 11.3 Å². The average Bonchev–Trinajstić information content (AvgIpc) is 3.03. The second-order valence-electron chi connectivity index (χ2n) is 5.62. The molecule has 2 aliphatic rings. The molecule has 1 aromatic heterocycles. The van der Waals surface area contributed by atoms with E-state index in [9.17, 15) is 18.3 Å². The SMILES string of the molecule is Cc1cc(S(=O)(=O)N2C3CCC2C(C(=O)O)C3)sc1C. The van der Waals surface area contributed by atoms with Crippen molar-refractivity contribution in [1.29, 1.82) is 0 Å². The number of rotatable bonds is 3. The predicted molar refractivity (Wildman–Crippen MR) is 75.4 cm³/mol. The first-order chi connectivity index (χ1) is 9.32. The van der Waals surface area contributed by atoms with E-state index < -0.39 is 21.9 Å². The first kappa shape index (κ1) is 14.0. The lowest BCUT2D eigenvalue weighted by Crippen LogP contribution is -2.37. The molecule has 3 heterocycles. The maximum absolute atomic E-state index is 12.8. The van der Waals surface area contributed by atoms with Gasteiger partial charge in [0.2, 0.25) is 0 Å². The zero-order chi connectivity index (χ0) is 14.7. The van der Waals surface area contributed by atoms with Crippen molar-refractivity contribution in [3.05, 3.63) is 16.5 Å². The van der Waals surface area contributed by atoms with Crippen LogP contribution in [-0.2, 0) is 14.8 Å². The Morgan fingerprint density at radius 1 is 1.40 bits per heavy atom. The topological polar surface area (TPSA) is 74.7 Å². The number of nitrogens with zero attached hydrogens (tertiary/aromatic N) is 1. The van der Waals surface area contributed by atoms with Crippen molar-refractivity contribution in [3.8, 4) is 0 Å². The molecule has 2 aliphatic heterocycles. The molecule has 2 fully saturated rings. The second kappa shape index (κ2) is 4.54. The van der Waals surface area contributed by atoms with Gasteiger partial charge in [0.1, 0.15) is 4.21 Å². The standard InChI is InChI=1S/C13H17NO4S2/c1-7-5-12(19-8(7)2)20(17,18)14-9-3-4-11(14)10(6-9)13(15)16/h5,9-11H,3-4,6H2,1-2H3,(H,15,16). The van der Waals surface area contributed by atoms with Crippen molar-refractivity contribution in [1.82, 2.24) is 4.31 Å². The summed E-state index contributed by atoms with van der Waals surface area (Å²) in [5.41, 5.74) is 0.968. The summed E-state index contributed by atoms with van der Waals surface area (Å²) < 4.78 is 27.4. The van der Waals surface area contributed by atoms with E-state index >= 15 is 0 Å². The van der Waals surface area contributed by atoms with Crippen LogP contribution in [-0.4, -0.2) is 35.9 Å². The first-order valence-electron chi connectivity index (χ1n) is 6.65. The summed E-state index contributed by atoms with van der Waals surface area (Å²) >= 11 is 1.27. The molecular formula is C13H17NO4S2. The number of hydrogen-bond acceptors (Lipinski definition) is 4. The van der Waals surface area contributed by atoms with Crippen molar-refractivity contribution in [2.24, 2.45) is 5.92 Å². The number of hydrogen-bond donors (Lipinski definition) is 1. The lowest BCUT2D eigenvalue weighted by Gasteiger charge is -2.21. The molecule has 3 atom stereocenters. The van der Waals surface area contributed by atoms with Crippen LogP contribution in [0.1, 0.15) is 29.7 Å². The number of sulfonamides is 1. The van der Waals surface area contributed by atoms with Crippen molar-refractivity contribution in [2.45, 2.75) is 49.4 Å². The van der Waals surface area contributed by atoms with Gasteiger partial charge in [0.05, 0.1) is 5.92 Å². The molecule has 0 aliphatic carbocycles. The highest BCUT2D eigenvalue weighted by Crippen LogP contribution is 2.46. The minimum absolute atomic E-state index is 0.145. The molecule has 2 saturated heterocycles. The van der Waals surface area contributed by atoms with Gasteiger partial charge in [-0.15, -0.1) is 11.3 Å². The Labute approximate surface area is 122 Å². The quantitative estimate of drug-likeness (QED) is 0.925. The summed E-state index contributed by atoms with van der Waals surface area (Å²) in [7, 11) is -3.55. The Hall–Kier alpha value is -0.920. The van der Waals surface area contributed by atoms with Crippen LogP contribution in [0.2, 0.25) is 0 Å². The van der Waals surface area contributed by atoms with Gasteiger partial charge in [-0.3, -0.25) is 4.79 Å². The van der Waals surface area contributed by atoms with Crippen molar-refractivity contribution >= 4 is 27.3 Å². The van der Waals surface area contributed by atoms with Gasteiger partial charge in [0, 0.05) is 17.0 Å². The Morgan fingerprint density at radius 3 is 2.60 bits per heavy atom. The molecule has 110 valence electrons. The van der Waals surface area contributed by atoms with E-state index in [0.717, 1.165) is 16.9 Å². The molecule has 3 rings (SSSR count). The molecule has 1 N–H and O–H groups in total. The predicted octanol–water partition coefficient (Wildman–Crippen LogP) is 1.99. The number of aryl methyl sites for hydroxylation is 2. The van der Waals surface area contributed by atoms with Crippen molar-refractivity contribution in [2.75, 3.05) is 0 Å². The van der Waals surface area contributed by atoms with E-state index in [1.807, 2.05) is 13.8 Å². The van der Waals surface area contributed by atoms with Crippen molar-refractivity contribution < 1.29 is 18.3 Å². The summed E-state index contributed by atoms with van der Waals surface area (Å²) in [4.78, 5) is 12.2. The third-order valence-electron chi connectivity index (χ3n) is 4.47. The minimum Gasteiger partial charge on any atom is -0.481 e. The lowest BCUT2D eigenvalue weighted by molar-refractivity contribution is -0.142. The summed E-state index contributed by atoms with van der Waals surface area (Å²) in [5.74, 6) is -1.43. The summed E-state index contributed by atoms with van der Waals surface area (Å²) in [6.07, 6.45) is 1.88. The van der Waals surface area contributed by atoms with E-state index in [0.29, 0.717) is 17.1 Å². The highest BCUT2D eigenvalue weighted by atomic mass is 32.2. The minimum atomic E-state index is -3.55. The van der Waals surface area contributed by atoms with Gasteiger partial charge in [-0.05, 0) is 44.7 Å². The van der Waals surface area contributed by atoms with Crippen LogP contribution in [0.5, 0.6) is 0 Å². The van der Waals surface area contributed by atoms with Crippen LogP contribution in [0, 0.1) is 19.8 Å². The average molecular weight is 315 g/mol. The molecule has 2 bridgehead atoms. The second-order valence-corrected chi connectivity index (χ2v) is 8.94. The molecule has 7 heteroatoms. The van der Waals surface area contributed by atoms with Crippen LogP contribution in [0.4, 0.5) is 0 Å². The Kier molecular flexibility index (Phi) is 3.19. The molecule has 1 aromatic rings. The first-order valence-corrected chi connectivity index (χ1v) is 8.91. The summed E-state index contributed by atoms with van der Waals surface area (Å²) in [6, 6.07) is 1.18. The summed E-state index contributed by atoms with van der Waals surface area (Å²) in [6.45, 7) is 3.79. The molecule has 0 spiro atoms. The van der Waals surface area contributed by atoms with E-state index in [-0.39, 0.29) is 12.1 Å². The zero-order valence-electron chi connectivity index (χ0n) is 11.4.